The quantitative estimate of drug-likeness (QED) is 0.255. The van der Waals surface area contributed by atoms with E-state index in [1.807, 2.05) is 140 Å². The summed E-state index contributed by atoms with van der Waals surface area (Å²) < 4.78 is 0. The Balaban J connectivity index is 0.000000178. The van der Waals surface area contributed by atoms with Crippen molar-refractivity contribution in [2.24, 2.45) is 0 Å². The number of hydrogen-bond donors (Lipinski definition) is 0. The van der Waals surface area contributed by atoms with Gasteiger partial charge in [-0.15, -0.1) is 0 Å². The highest BCUT2D eigenvalue weighted by atomic mass is 32.1. The summed E-state index contributed by atoms with van der Waals surface area (Å²) in [5, 5.41) is 16.3. The average molecular weight is 441 g/mol. The zero-order valence-electron chi connectivity index (χ0n) is 15.5. The molecule has 1 aliphatic rings. The van der Waals surface area contributed by atoms with Crippen molar-refractivity contribution in [3.63, 3.8) is 0 Å². The normalized spacial score (nSPS) is 10.3. The van der Waals surface area contributed by atoms with Crippen molar-refractivity contribution in [2.45, 2.75) is 0 Å². The highest BCUT2D eigenvalue weighted by Gasteiger charge is 1.65. The molecule has 0 bridgehead atoms. The topological polar surface area (TPSA) is 0 Å². The molecule has 4 heteroatoms. The molecular weight excluding hydrogens is 417 g/mol. The van der Waals surface area contributed by atoms with Gasteiger partial charge in [-0.3, -0.25) is 0 Å². The minimum Gasteiger partial charge on any atom is -0.152 e. The van der Waals surface area contributed by atoms with Gasteiger partial charge in [-0.25, -0.2) is 0 Å². The minimum atomic E-state index is 1.71. The number of rotatable bonds is 0. The van der Waals surface area contributed by atoms with Crippen molar-refractivity contribution in [3.05, 3.63) is 140 Å². The first-order valence-electron chi connectivity index (χ1n) is 8.55. The van der Waals surface area contributed by atoms with E-state index in [4.69, 9.17) is 0 Å². The molecule has 0 fully saturated rings. The summed E-state index contributed by atoms with van der Waals surface area (Å²) in [6, 6.07) is 16.1. The van der Waals surface area contributed by atoms with Gasteiger partial charge in [0.05, 0.1) is 0 Å². The molecule has 0 aliphatic heterocycles. The van der Waals surface area contributed by atoms with E-state index < -0.39 is 0 Å². The molecule has 4 aromatic rings. The largest absolute Gasteiger partial charge is 0.152 e. The molecule has 0 spiro atoms. The van der Waals surface area contributed by atoms with E-state index in [-0.39, 0.29) is 0 Å². The zero-order valence-corrected chi connectivity index (χ0v) is 18.8. The van der Waals surface area contributed by atoms with Crippen molar-refractivity contribution < 1.29 is 0 Å². The molecule has 0 saturated carbocycles. The monoisotopic (exact) mass is 440 g/mol. The maximum atomic E-state index is 2.04. The van der Waals surface area contributed by atoms with E-state index >= 15 is 0 Å². The van der Waals surface area contributed by atoms with Crippen LogP contribution in [-0.2, 0) is 0 Å². The van der Waals surface area contributed by atoms with E-state index in [1.165, 1.54) is 0 Å². The van der Waals surface area contributed by atoms with Gasteiger partial charge in [0.1, 0.15) is 0 Å². The molecule has 4 aromatic heterocycles. The smallest absolute Gasteiger partial charge is 0.00934 e. The summed E-state index contributed by atoms with van der Waals surface area (Å²) in [4.78, 5) is 0. The molecule has 0 aromatic carbocycles. The molecule has 5 rings (SSSR count). The van der Waals surface area contributed by atoms with Gasteiger partial charge in [-0.05, 0) is 43.0 Å². The maximum Gasteiger partial charge on any atom is -0.00934 e. The minimum absolute atomic E-state index is 1.71. The van der Waals surface area contributed by atoms with Gasteiger partial charge in [-0.1, -0.05) is 97.1 Å². The third-order valence-electron chi connectivity index (χ3n) is 2.59. The van der Waals surface area contributed by atoms with Crippen LogP contribution in [0, 0.1) is 0 Å². The fourth-order valence-electron chi connectivity index (χ4n) is 1.42. The van der Waals surface area contributed by atoms with Crippen LogP contribution in [0.15, 0.2) is 140 Å². The number of allylic oxidation sites excluding steroid dienone is 8. The number of thiophene rings is 4. The Morgan fingerprint density at radius 2 is 0.357 bits per heavy atom. The van der Waals surface area contributed by atoms with Crippen LogP contribution in [0.5, 0.6) is 0 Å². The van der Waals surface area contributed by atoms with Crippen LogP contribution in [0.4, 0.5) is 0 Å². The van der Waals surface area contributed by atoms with E-state index in [2.05, 4.69) is 0 Å². The SMILES string of the molecule is C1=CC=CC=CC=C1.c1ccsc1.c1ccsc1.c1ccsc1.c1ccsc1. The predicted octanol–water partition coefficient (Wildman–Crippen LogP) is 9.22. The Morgan fingerprint density at radius 1 is 0.214 bits per heavy atom. The lowest BCUT2D eigenvalue weighted by molar-refractivity contribution is 1.81. The van der Waals surface area contributed by atoms with Crippen LogP contribution < -0.4 is 0 Å². The van der Waals surface area contributed by atoms with E-state index in [9.17, 15) is 0 Å². The van der Waals surface area contributed by atoms with Gasteiger partial charge in [0, 0.05) is 0 Å². The van der Waals surface area contributed by atoms with E-state index in [1.54, 1.807) is 45.3 Å². The third-order valence-corrected chi connectivity index (χ3v) is 5.10. The van der Waals surface area contributed by atoms with Crippen molar-refractivity contribution in [2.75, 3.05) is 0 Å². The molecule has 4 heterocycles. The van der Waals surface area contributed by atoms with Crippen LogP contribution in [-0.4, -0.2) is 0 Å². The van der Waals surface area contributed by atoms with E-state index in [0.29, 0.717) is 0 Å². The molecular formula is C24H24S4. The summed E-state index contributed by atoms with van der Waals surface area (Å²) in [5.41, 5.74) is 0. The lowest BCUT2D eigenvalue weighted by atomic mass is 10.3. The van der Waals surface area contributed by atoms with E-state index in [0.717, 1.165) is 0 Å². The molecule has 144 valence electrons. The summed E-state index contributed by atoms with van der Waals surface area (Å²) in [6.45, 7) is 0. The molecule has 1 aliphatic carbocycles. The lowest BCUT2D eigenvalue weighted by Gasteiger charge is -1.77. The second-order valence-corrected chi connectivity index (χ2v) is 7.98. The summed E-state index contributed by atoms with van der Waals surface area (Å²) >= 11 is 6.85. The highest BCUT2D eigenvalue weighted by molar-refractivity contribution is 7.08. The van der Waals surface area contributed by atoms with Crippen LogP contribution in [0.2, 0.25) is 0 Å². The molecule has 0 amide bonds. The van der Waals surface area contributed by atoms with Gasteiger partial charge in [-0.2, -0.15) is 45.3 Å². The first-order valence-corrected chi connectivity index (χ1v) is 12.3. The Kier molecular flexibility index (Phi) is 17.9. The first-order chi connectivity index (χ1) is 14.0. The Morgan fingerprint density at radius 3 is 0.429 bits per heavy atom. The van der Waals surface area contributed by atoms with Gasteiger partial charge in [0.2, 0.25) is 0 Å². The molecule has 0 unspecified atom stereocenters. The average Bonchev–Trinajstić information content (AvgIpc) is 3.56. The number of hydrogen-bond acceptors (Lipinski definition) is 4. The fraction of sp³-hybridized carbons (Fsp3) is 0. The van der Waals surface area contributed by atoms with Gasteiger partial charge < -0.3 is 0 Å². The summed E-state index contributed by atoms with van der Waals surface area (Å²) in [7, 11) is 0. The second-order valence-electron chi connectivity index (χ2n) is 4.71. The molecule has 0 saturated heterocycles. The van der Waals surface area contributed by atoms with Crippen LogP contribution in [0.25, 0.3) is 0 Å². The summed E-state index contributed by atoms with van der Waals surface area (Å²) in [5.74, 6) is 0. The molecule has 0 N–H and O–H groups in total. The van der Waals surface area contributed by atoms with Crippen LogP contribution in [0.1, 0.15) is 0 Å². The Labute approximate surface area is 184 Å². The molecule has 0 radical (unpaired) electrons. The zero-order chi connectivity index (χ0) is 19.8. The van der Waals surface area contributed by atoms with Crippen molar-refractivity contribution in [3.8, 4) is 0 Å². The van der Waals surface area contributed by atoms with Crippen molar-refractivity contribution in [1.82, 2.24) is 0 Å². The second kappa shape index (κ2) is 21.1. The predicted molar refractivity (Wildman–Crippen MR) is 134 cm³/mol. The molecule has 28 heavy (non-hydrogen) atoms. The van der Waals surface area contributed by atoms with Crippen LogP contribution in [0.3, 0.4) is 0 Å². The van der Waals surface area contributed by atoms with Crippen molar-refractivity contribution in [1.29, 1.82) is 0 Å². The standard InChI is InChI=1S/C8H8.4C4H4S/c1-2-4-6-8-7-5-3-1;4*1-2-4-5-3-1/h1-8H;4*1-4H. The molecule has 0 nitrogen and oxygen atoms in total. The fourth-order valence-corrected chi connectivity index (χ4v) is 3.23. The Bertz CT molecular complexity index is 572. The van der Waals surface area contributed by atoms with Gasteiger partial charge in [0.15, 0.2) is 0 Å². The third kappa shape index (κ3) is 18.5. The van der Waals surface area contributed by atoms with Crippen LogP contribution >= 0.6 is 45.3 Å². The lowest BCUT2D eigenvalue weighted by Crippen LogP contribution is -1.55. The Hall–Kier alpha value is -2.24. The summed E-state index contributed by atoms with van der Waals surface area (Å²) in [6.07, 6.45) is 16.0. The highest BCUT2D eigenvalue weighted by Crippen LogP contribution is 1.93. The molecule has 0 atom stereocenters. The first kappa shape index (κ1) is 23.8. The van der Waals surface area contributed by atoms with Gasteiger partial charge in [0.25, 0.3) is 0 Å². The van der Waals surface area contributed by atoms with Crippen molar-refractivity contribution >= 4 is 45.3 Å². The van der Waals surface area contributed by atoms with Gasteiger partial charge >= 0.3 is 0 Å². The maximum absolute atomic E-state index is 2.04.